The van der Waals surface area contributed by atoms with E-state index in [9.17, 15) is 9.59 Å². The highest BCUT2D eigenvalue weighted by Crippen LogP contribution is 2.38. The molecule has 1 unspecified atom stereocenters. The van der Waals surface area contributed by atoms with Crippen molar-refractivity contribution in [3.05, 3.63) is 87.8 Å². The summed E-state index contributed by atoms with van der Waals surface area (Å²) in [7, 11) is 1.63. The van der Waals surface area contributed by atoms with Gasteiger partial charge in [0.1, 0.15) is 17.9 Å². The second-order valence-electron chi connectivity index (χ2n) is 7.59. The minimum Gasteiger partial charge on any atom is -0.490 e. The highest BCUT2D eigenvalue weighted by atomic mass is 16.5. The molecule has 0 bridgehead atoms. The average molecular weight is 419 g/mol. The molecular formula is C25H25NO5. The van der Waals surface area contributed by atoms with Crippen molar-refractivity contribution in [2.45, 2.75) is 19.4 Å². The van der Waals surface area contributed by atoms with E-state index in [2.05, 4.69) is 6.58 Å². The molecule has 0 spiro atoms. The molecule has 0 saturated carbocycles. The second-order valence-corrected chi connectivity index (χ2v) is 7.59. The lowest BCUT2D eigenvalue weighted by molar-refractivity contribution is 0.0708. The molecule has 0 aliphatic carbocycles. The van der Waals surface area contributed by atoms with Crippen LogP contribution in [0.5, 0.6) is 5.75 Å². The number of fused-ring (bicyclic) bond motifs is 2. The molecular weight excluding hydrogens is 394 g/mol. The Kier molecular flexibility index (Phi) is 5.91. The van der Waals surface area contributed by atoms with Gasteiger partial charge in [-0.2, -0.15) is 0 Å². The molecule has 0 saturated heterocycles. The van der Waals surface area contributed by atoms with Gasteiger partial charge in [0, 0.05) is 20.3 Å². The van der Waals surface area contributed by atoms with Crippen molar-refractivity contribution in [1.82, 2.24) is 4.90 Å². The normalized spacial score (nSPS) is 15.4. The molecule has 1 atom stereocenters. The maximum absolute atomic E-state index is 13.5. The zero-order chi connectivity index (χ0) is 22.0. The monoisotopic (exact) mass is 419 g/mol. The van der Waals surface area contributed by atoms with Crippen LogP contribution >= 0.6 is 0 Å². The standard InChI is InChI=1S/C25H25NO5/c1-4-13-30-18-9-7-17(8-10-18)22-21-23(27)19-15-16(2)6-11-20(19)31-24(21)25(28)26(22)12-5-14-29-3/h4,6-11,15,22H,1,5,12-14H2,2-3H3. The average Bonchev–Trinajstić information content (AvgIpc) is 3.05. The highest BCUT2D eigenvalue weighted by Gasteiger charge is 2.42. The molecule has 1 amide bonds. The number of amides is 1. The van der Waals surface area contributed by atoms with E-state index >= 15 is 0 Å². The van der Waals surface area contributed by atoms with Gasteiger partial charge in [-0.05, 0) is 43.2 Å². The molecule has 1 aliphatic rings. The fourth-order valence-corrected chi connectivity index (χ4v) is 3.99. The lowest BCUT2D eigenvalue weighted by Gasteiger charge is -2.25. The van der Waals surface area contributed by atoms with Crippen molar-refractivity contribution < 1.29 is 18.7 Å². The number of ether oxygens (including phenoxy) is 2. The van der Waals surface area contributed by atoms with Crippen LogP contribution in [0.3, 0.4) is 0 Å². The molecule has 6 nitrogen and oxygen atoms in total. The third-order valence-corrected chi connectivity index (χ3v) is 5.43. The molecule has 2 aromatic carbocycles. The minimum absolute atomic E-state index is 0.121. The fourth-order valence-electron chi connectivity index (χ4n) is 3.99. The number of methoxy groups -OCH3 is 1. The summed E-state index contributed by atoms with van der Waals surface area (Å²) in [5.74, 6) is 0.540. The van der Waals surface area contributed by atoms with Crippen molar-refractivity contribution in [3.8, 4) is 5.75 Å². The van der Waals surface area contributed by atoms with Gasteiger partial charge in [0.15, 0.2) is 5.43 Å². The van der Waals surface area contributed by atoms with Crippen LogP contribution in [0, 0.1) is 6.92 Å². The van der Waals surface area contributed by atoms with Gasteiger partial charge in [0.25, 0.3) is 5.91 Å². The van der Waals surface area contributed by atoms with Crippen molar-refractivity contribution >= 4 is 16.9 Å². The number of benzene rings is 2. The molecule has 2 heterocycles. The van der Waals surface area contributed by atoms with Crippen LogP contribution in [-0.4, -0.2) is 37.7 Å². The summed E-state index contributed by atoms with van der Waals surface area (Å²) in [4.78, 5) is 28.4. The highest BCUT2D eigenvalue weighted by molar-refractivity contribution is 5.99. The minimum atomic E-state index is -0.519. The van der Waals surface area contributed by atoms with Gasteiger partial charge in [0.2, 0.25) is 5.76 Å². The number of nitrogens with zero attached hydrogens (tertiary/aromatic N) is 1. The smallest absolute Gasteiger partial charge is 0.290 e. The Morgan fingerprint density at radius 2 is 1.94 bits per heavy atom. The first kappa shape index (κ1) is 20.9. The van der Waals surface area contributed by atoms with Gasteiger partial charge in [-0.25, -0.2) is 0 Å². The largest absolute Gasteiger partial charge is 0.490 e. The van der Waals surface area contributed by atoms with E-state index in [-0.39, 0.29) is 17.1 Å². The number of aryl methyl sites for hydroxylation is 1. The van der Waals surface area contributed by atoms with Crippen LogP contribution in [0.15, 0.2) is 64.3 Å². The zero-order valence-electron chi connectivity index (χ0n) is 17.7. The third kappa shape index (κ3) is 3.86. The molecule has 31 heavy (non-hydrogen) atoms. The van der Waals surface area contributed by atoms with Crippen molar-refractivity contribution in [3.63, 3.8) is 0 Å². The summed E-state index contributed by atoms with van der Waals surface area (Å²) in [5.41, 5.74) is 2.43. The molecule has 0 fully saturated rings. The molecule has 1 aliphatic heterocycles. The topological polar surface area (TPSA) is 69.0 Å². The Labute approximate surface area is 180 Å². The van der Waals surface area contributed by atoms with Crippen LogP contribution in [0.4, 0.5) is 0 Å². The quantitative estimate of drug-likeness (QED) is 0.403. The fraction of sp³-hybridized carbons (Fsp3) is 0.280. The van der Waals surface area contributed by atoms with Crippen molar-refractivity contribution in [2.75, 3.05) is 26.9 Å². The Bertz CT molecular complexity index is 1180. The number of rotatable bonds is 8. The van der Waals surface area contributed by atoms with Gasteiger partial charge >= 0.3 is 0 Å². The van der Waals surface area contributed by atoms with Gasteiger partial charge < -0.3 is 18.8 Å². The van der Waals surface area contributed by atoms with E-state index < -0.39 is 6.04 Å². The van der Waals surface area contributed by atoms with Crippen LogP contribution in [0.2, 0.25) is 0 Å². The Balaban J connectivity index is 1.83. The third-order valence-electron chi connectivity index (χ3n) is 5.43. The second kappa shape index (κ2) is 8.78. The van der Waals surface area contributed by atoms with Crippen LogP contribution in [-0.2, 0) is 4.74 Å². The van der Waals surface area contributed by atoms with Gasteiger partial charge in [-0.15, -0.1) is 0 Å². The zero-order valence-corrected chi connectivity index (χ0v) is 17.7. The van der Waals surface area contributed by atoms with Crippen LogP contribution in [0.1, 0.15) is 39.7 Å². The van der Waals surface area contributed by atoms with Crippen molar-refractivity contribution in [2.24, 2.45) is 0 Å². The molecule has 160 valence electrons. The van der Waals surface area contributed by atoms with Gasteiger partial charge in [-0.1, -0.05) is 36.4 Å². The predicted molar refractivity (Wildman–Crippen MR) is 119 cm³/mol. The lowest BCUT2D eigenvalue weighted by Crippen LogP contribution is -2.31. The van der Waals surface area contributed by atoms with Gasteiger partial charge in [0.05, 0.1) is 17.0 Å². The van der Waals surface area contributed by atoms with Crippen LogP contribution < -0.4 is 10.2 Å². The van der Waals surface area contributed by atoms with E-state index in [4.69, 9.17) is 13.9 Å². The summed E-state index contributed by atoms with van der Waals surface area (Å²) >= 11 is 0. The summed E-state index contributed by atoms with van der Waals surface area (Å²) < 4.78 is 16.7. The number of carbonyl (C=O) groups excluding carboxylic acids is 1. The lowest BCUT2D eigenvalue weighted by atomic mass is 9.98. The summed E-state index contributed by atoms with van der Waals surface area (Å²) in [6.07, 6.45) is 2.33. The van der Waals surface area contributed by atoms with Crippen molar-refractivity contribution in [1.29, 1.82) is 0 Å². The maximum Gasteiger partial charge on any atom is 0.290 e. The first-order valence-corrected chi connectivity index (χ1v) is 10.3. The molecule has 3 aromatic rings. The SMILES string of the molecule is C=CCOc1ccc(C2c3c(oc4ccc(C)cc4c3=O)C(=O)N2CCCOC)cc1. The van der Waals surface area contributed by atoms with E-state index in [0.29, 0.717) is 48.5 Å². The Morgan fingerprint density at radius 1 is 1.16 bits per heavy atom. The van der Waals surface area contributed by atoms with Crippen LogP contribution in [0.25, 0.3) is 11.0 Å². The van der Waals surface area contributed by atoms with E-state index in [1.54, 1.807) is 24.2 Å². The summed E-state index contributed by atoms with van der Waals surface area (Å²) in [6, 6.07) is 12.3. The Morgan fingerprint density at radius 3 is 2.65 bits per heavy atom. The summed E-state index contributed by atoms with van der Waals surface area (Å²) in [5, 5.41) is 0.487. The molecule has 0 N–H and O–H groups in total. The maximum atomic E-state index is 13.5. The number of hydrogen-bond acceptors (Lipinski definition) is 5. The molecule has 6 heteroatoms. The Hall–Kier alpha value is -3.38. The molecule has 4 rings (SSSR count). The van der Waals surface area contributed by atoms with Gasteiger partial charge in [-0.3, -0.25) is 9.59 Å². The first-order valence-electron chi connectivity index (χ1n) is 10.3. The van der Waals surface area contributed by atoms with E-state index in [1.807, 2.05) is 43.3 Å². The summed E-state index contributed by atoms with van der Waals surface area (Å²) in [6.45, 7) is 6.95. The molecule has 1 aromatic heterocycles. The first-order chi connectivity index (χ1) is 15.0. The predicted octanol–water partition coefficient (Wildman–Crippen LogP) is 4.25. The number of hydrogen-bond donors (Lipinski definition) is 0. The van der Waals surface area contributed by atoms with E-state index in [1.165, 1.54) is 0 Å². The molecule has 0 radical (unpaired) electrons. The number of carbonyl (C=O) groups is 1. The van der Waals surface area contributed by atoms with E-state index in [0.717, 1.165) is 11.1 Å².